The normalized spacial score (nSPS) is 13.9. The molecule has 0 aliphatic carbocycles. The summed E-state index contributed by atoms with van der Waals surface area (Å²) < 4.78 is 9.85. The molecule has 1 aromatic heterocycles. The highest BCUT2D eigenvalue weighted by Gasteiger charge is 2.24. The summed E-state index contributed by atoms with van der Waals surface area (Å²) in [4.78, 5) is 4.48. The molecule has 0 fully saturated rings. The molecule has 5 heteroatoms. The third-order valence-electron chi connectivity index (χ3n) is 2.75. The van der Waals surface area contributed by atoms with Gasteiger partial charge in [-0.2, -0.15) is 4.37 Å². The van der Waals surface area contributed by atoms with Crippen molar-refractivity contribution in [2.75, 3.05) is 19.0 Å². The molecule has 1 N–H and O–H groups in total. The van der Waals surface area contributed by atoms with E-state index in [4.69, 9.17) is 4.74 Å². The summed E-state index contributed by atoms with van der Waals surface area (Å²) in [5.74, 6) is 1.52. The van der Waals surface area contributed by atoms with Gasteiger partial charge >= 0.3 is 0 Å². The van der Waals surface area contributed by atoms with E-state index in [0.29, 0.717) is 5.92 Å². The predicted molar refractivity (Wildman–Crippen MR) is 77.2 cm³/mol. The predicted octanol–water partition coefficient (Wildman–Crippen LogP) is 3.21. The SMILES string of the molecule is COC(CNc1nc(CC(C)C)ns1)C(C)(C)C. The molecular weight excluding hydrogens is 246 g/mol. The molecule has 1 rings (SSSR count). The molecule has 1 aromatic rings. The Morgan fingerprint density at radius 1 is 1.33 bits per heavy atom. The van der Waals surface area contributed by atoms with Crippen molar-refractivity contribution in [2.24, 2.45) is 11.3 Å². The Balaban J connectivity index is 2.50. The number of nitrogens with one attached hydrogen (secondary N) is 1. The van der Waals surface area contributed by atoms with Crippen molar-refractivity contribution < 1.29 is 4.74 Å². The molecule has 0 saturated heterocycles. The first-order valence-electron chi connectivity index (χ1n) is 6.42. The molecule has 1 heterocycles. The number of nitrogens with zero attached hydrogens (tertiary/aromatic N) is 2. The van der Waals surface area contributed by atoms with Gasteiger partial charge in [0, 0.05) is 31.6 Å². The van der Waals surface area contributed by atoms with Crippen molar-refractivity contribution in [3.05, 3.63) is 5.82 Å². The quantitative estimate of drug-likeness (QED) is 0.863. The van der Waals surface area contributed by atoms with Crippen LogP contribution < -0.4 is 5.32 Å². The number of aromatic nitrogens is 2. The minimum atomic E-state index is 0.118. The van der Waals surface area contributed by atoms with Gasteiger partial charge in [0.1, 0.15) is 5.82 Å². The Bertz CT molecular complexity index is 357. The fraction of sp³-hybridized carbons (Fsp3) is 0.846. The first kappa shape index (κ1) is 15.4. The second kappa shape index (κ2) is 6.48. The van der Waals surface area contributed by atoms with E-state index in [1.54, 1.807) is 7.11 Å². The zero-order valence-corrected chi connectivity index (χ0v) is 13.1. The molecule has 0 amide bonds. The van der Waals surface area contributed by atoms with Crippen LogP contribution in [-0.2, 0) is 11.2 Å². The Labute approximate surface area is 114 Å². The first-order valence-corrected chi connectivity index (χ1v) is 7.19. The van der Waals surface area contributed by atoms with Crippen molar-refractivity contribution in [3.8, 4) is 0 Å². The van der Waals surface area contributed by atoms with Gasteiger partial charge in [-0.25, -0.2) is 4.98 Å². The average Bonchev–Trinajstić information content (AvgIpc) is 2.63. The fourth-order valence-corrected chi connectivity index (χ4v) is 2.30. The Morgan fingerprint density at radius 2 is 2.00 bits per heavy atom. The zero-order chi connectivity index (χ0) is 13.8. The molecular formula is C13H25N3OS. The zero-order valence-electron chi connectivity index (χ0n) is 12.3. The number of ether oxygens (including phenoxy) is 1. The summed E-state index contributed by atoms with van der Waals surface area (Å²) in [7, 11) is 1.75. The van der Waals surface area contributed by atoms with Crippen molar-refractivity contribution in [1.29, 1.82) is 0 Å². The highest BCUT2D eigenvalue weighted by atomic mass is 32.1. The van der Waals surface area contributed by atoms with E-state index in [0.717, 1.165) is 23.9 Å². The van der Waals surface area contributed by atoms with Crippen LogP contribution in [0, 0.1) is 11.3 Å². The molecule has 0 spiro atoms. The molecule has 1 unspecified atom stereocenters. The minimum absolute atomic E-state index is 0.118. The van der Waals surface area contributed by atoms with Crippen LogP contribution in [0.3, 0.4) is 0 Å². The van der Waals surface area contributed by atoms with E-state index >= 15 is 0 Å². The molecule has 0 aliphatic rings. The summed E-state index contributed by atoms with van der Waals surface area (Å²) in [5, 5.41) is 4.20. The summed E-state index contributed by atoms with van der Waals surface area (Å²) in [6.07, 6.45) is 1.10. The molecule has 0 aromatic carbocycles. The van der Waals surface area contributed by atoms with Crippen molar-refractivity contribution >= 4 is 16.7 Å². The second-order valence-corrected chi connectivity index (χ2v) is 6.84. The lowest BCUT2D eigenvalue weighted by Gasteiger charge is -2.29. The lowest BCUT2D eigenvalue weighted by molar-refractivity contribution is 0.0269. The summed E-state index contributed by atoms with van der Waals surface area (Å²) in [5.41, 5.74) is 0.118. The van der Waals surface area contributed by atoms with Gasteiger partial charge in [-0.15, -0.1) is 0 Å². The lowest BCUT2D eigenvalue weighted by atomic mass is 9.89. The van der Waals surface area contributed by atoms with Crippen LogP contribution in [0.4, 0.5) is 5.13 Å². The molecule has 4 nitrogen and oxygen atoms in total. The van der Waals surface area contributed by atoms with Gasteiger partial charge in [0.05, 0.1) is 6.10 Å². The number of anilines is 1. The third-order valence-corrected chi connectivity index (χ3v) is 3.46. The maximum absolute atomic E-state index is 5.50. The fourth-order valence-electron chi connectivity index (χ4n) is 1.70. The topological polar surface area (TPSA) is 47.0 Å². The second-order valence-electron chi connectivity index (χ2n) is 6.08. The molecule has 0 bridgehead atoms. The number of rotatable bonds is 6. The van der Waals surface area contributed by atoms with E-state index in [9.17, 15) is 0 Å². The van der Waals surface area contributed by atoms with Gasteiger partial charge in [0.2, 0.25) is 5.13 Å². The van der Waals surface area contributed by atoms with Crippen LogP contribution in [0.25, 0.3) is 0 Å². The molecule has 18 heavy (non-hydrogen) atoms. The van der Waals surface area contributed by atoms with Crippen LogP contribution in [0.1, 0.15) is 40.4 Å². The summed E-state index contributed by atoms with van der Waals surface area (Å²) in [6.45, 7) is 11.6. The smallest absolute Gasteiger partial charge is 0.202 e. The van der Waals surface area contributed by atoms with Gasteiger partial charge < -0.3 is 10.1 Å². The maximum atomic E-state index is 5.50. The number of hydrogen-bond donors (Lipinski definition) is 1. The highest BCUT2D eigenvalue weighted by molar-refractivity contribution is 7.09. The lowest BCUT2D eigenvalue weighted by Crippen LogP contribution is -2.34. The number of hydrogen-bond acceptors (Lipinski definition) is 5. The van der Waals surface area contributed by atoms with Gasteiger partial charge in [-0.3, -0.25) is 0 Å². The molecule has 104 valence electrons. The van der Waals surface area contributed by atoms with Gasteiger partial charge in [0.15, 0.2) is 0 Å². The minimum Gasteiger partial charge on any atom is -0.379 e. The van der Waals surface area contributed by atoms with E-state index in [1.165, 1.54) is 11.5 Å². The van der Waals surface area contributed by atoms with Gasteiger partial charge in [-0.1, -0.05) is 34.6 Å². The van der Waals surface area contributed by atoms with E-state index in [-0.39, 0.29) is 11.5 Å². The summed E-state index contributed by atoms with van der Waals surface area (Å²) >= 11 is 1.43. The number of methoxy groups -OCH3 is 1. The Morgan fingerprint density at radius 3 is 2.50 bits per heavy atom. The third kappa shape index (κ3) is 4.90. The van der Waals surface area contributed by atoms with Gasteiger partial charge in [-0.05, 0) is 11.3 Å². The maximum Gasteiger partial charge on any atom is 0.202 e. The highest BCUT2D eigenvalue weighted by Crippen LogP contribution is 2.22. The monoisotopic (exact) mass is 271 g/mol. The van der Waals surface area contributed by atoms with Crippen LogP contribution in [0.5, 0.6) is 0 Å². The van der Waals surface area contributed by atoms with Crippen molar-refractivity contribution in [2.45, 2.75) is 47.1 Å². The van der Waals surface area contributed by atoms with Crippen molar-refractivity contribution in [1.82, 2.24) is 9.36 Å². The molecule has 0 saturated carbocycles. The van der Waals surface area contributed by atoms with Crippen LogP contribution in [0.2, 0.25) is 0 Å². The standard InChI is InChI=1S/C13H25N3OS/c1-9(2)7-11-15-12(18-16-11)14-8-10(17-6)13(3,4)5/h9-10H,7-8H2,1-6H3,(H,14,15,16). The van der Waals surface area contributed by atoms with Crippen LogP contribution >= 0.6 is 11.5 Å². The van der Waals surface area contributed by atoms with E-state index in [2.05, 4.69) is 49.3 Å². The van der Waals surface area contributed by atoms with Crippen molar-refractivity contribution in [3.63, 3.8) is 0 Å². The molecule has 0 radical (unpaired) electrons. The molecule has 1 atom stereocenters. The first-order chi connectivity index (χ1) is 8.32. The Kier molecular flexibility index (Phi) is 5.53. The van der Waals surface area contributed by atoms with E-state index in [1.807, 2.05) is 0 Å². The van der Waals surface area contributed by atoms with E-state index < -0.39 is 0 Å². The van der Waals surface area contributed by atoms with Gasteiger partial charge in [0.25, 0.3) is 0 Å². The average molecular weight is 271 g/mol. The largest absolute Gasteiger partial charge is 0.379 e. The summed E-state index contributed by atoms with van der Waals surface area (Å²) in [6, 6.07) is 0. The molecule has 0 aliphatic heterocycles. The van der Waals surface area contributed by atoms with Crippen LogP contribution in [0.15, 0.2) is 0 Å². The Hall–Kier alpha value is -0.680. The van der Waals surface area contributed by atoms with Crippen LogP contribution in [-0.4, -0.2) is 29.1 Å².